The Morgan fingerprint density at radius 3 is 2.90 bits per heavy atom. The molecule has 1 aliphatic heterocycles. The summed E-state index contributed by atoms with van der Waals surface area (Å²) in [6, 6.07) is 0. The molecule has 1 amide bonds. The molecule has 0 bridgehead atoms. The topological polar surface area (TPSA) is 78.6 Å². The Balaban J connectivity index is 1.85. The number of nitrogens with zero attached hydrogens (tertiary/aromatic N) is 3. The zero-order valence-electron chi connectivity index (χ0n) is 12.1. The molecule has 6 heteroatoms. The lowest BCUT2D eigenvalue weighted by molar-refractivity contribution is -0.149. The molecule has 112 valence electrons. The average Bonchev–Trinajstić information content (AvgIpc) is 2.85. The number of aryl methyl sites for hydroxylation is 2. The molecule has 0 radical (unpaired) electrons. The van der Waals surface area contributed by atoms with Crippen LogP contribution >= 0.6 is 0 Å². The maximum absolute atomic E-state index is 12.1. The minimum atomic E-state index is -1.04. The van der Waals surface area contributed by atoms with Gasteiger partial charge in [0, 0.05) is 32.8 Å². The van der Waals surface area contributed by atoms with E-state index in [9.17, 15) is 15.0 Å². The molecule has 1 aromatic heterocycles. The van der Waals surface area contributed by atoms with Gasteiger partial charge in [-0.05, 0) is 24.8 Å². The third-order valence-electron chi connectivity index (χ3n) is 4.18. The maximum Gasteiger partial charge on any atom is 0.222 e. The van der Waals surface area contributed by atoms with Crippen molar-refractivity contribution in [1.82, 2.24) is 14.7 Å². The van der Waals surface area contributed by atoms with Crippen molar-refractivity contribution in [2.45, 2.75) is 44.3 Å². The van der Waals surface area contributed by atoms with Gasteiger partial charge in [0.05, 0.1) is 11.8 Å². The zero-order chi connectivity index (χ0) is 14.8. The molecule has 6 nitrogen and oxygen atoms in total. The van der Waals surface area contributed by atoms with Gasteiger partial charge in [0.15, 0.2) is 0 Å². The maximum atomic E-state index is 12.1. The van der Waals surface area contributed by atoms with E-state index in [0.29, 0.717) is 32.2 Å². The number of carbonyl (C=O) groups is 1. The third-order valence-corrected chi connectivity index (χ3v) is 4.18. The van der Waals surface area contributed by atoms with Crippen molar-refractivity contribution >= 4 is 5.91 Å². The molecular formula is C14H23N3O3. The van der Waals surface area contributed by atoms with Crippen molar-refractivity contribution in [2.24, 2.45) is 7.05 Å². The Hall–Kier alpha value is -1.40. The Kier molecular flexibility index (Phi) is 4.45. The summed E-state index contributed by atoms with van der Waals surface area (Å²) >= 11 is 0. The largest absolute Gasteiger partial charge is 0.388 e. The van der Waals surface area contributed by atoms with Crippen LogP contribution in [0, 0.1) is 0 Å². The van der Waals surface area contributed by atoms with Gasteiger partial charge in [-0.1, -0.05) is 6.92 Å². The highest BCUT2D eigenvalue weighted by Gasteiger charge is 2.40. The van der Waals surface area contributed by atoms with Crippen LogP contribution in [-0.4, -0.2) is 55.6 Å². The fourth-order valence-electron chi connectivity index (χ4n) is 2.61. The second-order valence-corrected chi connectivity index (χ2v) is 5.58. The number of hydrogen-bond donors (Lipinski definition) is 2. The van der Waals surface area contributed by atoms with Gasteiger partial charge in [-0.2, -0.15) is 5.10 Å². The number of carbonyl (C=O) groups excluding carboxylic acids is 1. The Bertz CT molecular complexity index is 474. The normalized spacial score (nSPS) is 26.8. The van der Waals surface area contributed by atoms with Crippen molar-refractivity contribution in [3.8, 4) is 0 Å². The van der Waals surface area contributed by atoms with Crippen LogP contribution in [0.3, 0.4) is 0 Å². The molecule has 1 saturated heterocycles. The van der Waals surface area contributed by atoms with Gasteiger partial charge in [0.25, 0.3) is 0 Å². The van der Waals surface area contributed by atoms with Crippen LogP contribution in [0.4, 0.5) is 0 Å². The van der Waals surface area contributed by atoms with Crippen LogP contribution < -0.4 is 0 Å². The monoisotopic (exact) mass is 281 g/mol. The van der Waals surface area contributed by atoms with Crippen LogP contribution in [0.15, 0.2) is 12.4 Å². The number of amides is 1. The lowest BCUT2D eigenvalue weighted by Crippen LogP contribution is -2.56. The predicted molar refractivity (Wildman–Crippen MR) is 74.0 cm³/mol. The van der Waals surface area contributed by atoms with Gasteiger partial charge in [0.1, 0.15) is 6.10 Å². The Morgan fingerprint density at radius 1 is 1.60 bits per heavy atom. The quantitative estimate of drug-likeness (QED) is 0.819. The summed E-state index contributed by atoms with van der Waals surface area (Å²) in [5, 5.41) is 24.2. The molecule has 0 spiro atoms. The fraction of sp³-hybridized carbons (Fsp3) is 0.714. The summed E-state index contributed by atoms with van der Waals surface area (Å²) in [4.78, 5) is 13.8. The second kappa shape index (κ2) is 5.93. The number of β-amino-alcohol motifs (C(OH)–C–C–N with tert-alkyl or cyclic N) is 1. The number of hydrogen-bond acceptors (Lipinski definition) is 4. The van der Waals surface area contributed by atoms with Gasteiger partial charge in [0.2, 0.25) is 5.91 Å². The minimum absolute atomic E-state index is 0.0195. The zero-order valence-corrected chi connectivity index (χ0v) is 12.1. The van der Waals surface area contributed by atoms with E-state index in [0.717, 1.165) is 5.56 Å². The van der Waals surface area contributed by atoms with Crippen molar-refractivity contribution in [1.29, 1.82) is 0 Å². The summed E-state index contributed by atoms with van der Waals surface area (Å²) in [6.07, 6.45) is 4.79. The lowest BCUT2D eigenvalue weighted by atomic mass is 9.86. The minimum Gasteiger partial charge on any atom is -0.388 e. The molecule has 1 aromatic rings. The van der Waals surface area contributed by atoms with E-state index in [4.69, 9.17) is 0 Å². The summed E-state index contributed by atoms with van der Waals surface area (Å²) < 4.78 is 1.71. The number of aliphatic hydroxyl groups is 2. The third kappa shape index (κ3) is 3.19. The second-order valence-electron chi connectivity index (χ2n) is 5.58. The van der Waals surface area contributed by atoms with Crippen molar-refractivity contribution < 1.29 is 15.0 Å². The number of aliphatic hydroxyl groups excluding tert-OH is 1. The average molecular weight is 281 g/mol. The molecule has 0 aliphatic carbocycles. The molecule has 0 saturated carbocycles. The summed E-state index contributed by atoms with van der Waals surface area (Å²) in [5.74, 6) is 0.0195. The van der Waals surface area contributed by atoms with E-state index in [1.54, 1.807) is 15.8 Å². The first-order valence-electron chi connectivity index (χ1n) is 7.10. The predicted octanol–water partition coefficient (Wildman–Crippen LogP) is 0.0870. The van der Waals surface area contributed by atoms with Crippen LogP contribution in [0.2, 0.25) is 0 Å². The molecule has 20 heavy (non-hydrogen) atoms. The van der Waals surface area contributed by atoms with E-state index in [1.165, 1.54) is 0 Å². The van der Waals surface area contributed by atoms with Crippen LogP contribution in [0.5, 0.6) is 0 Å². The van der Waals surface area contributed by atoms with Crippen molar-refractivity contribution in [3.63, 3.8) is 0 Å². The molecule has 0 aromatic carbocycles. The Labute approximate surface area is 119 Å². The molecule has 1 aliphatic rings. The molecular weight excluding hydrogens is 258 g/mol. The van der Waals surface area contributed by atoms with Gasteiger partial charge in [-0.15, -0.1) is 0 Å². The summed E-state index contributed by atoms with van der Waals surface area (Å²) in [5.41, 5.74) is -0.0105. The number of likely N-dealkylation sites (tertiary alicyclic amines) is 1. The standard InChI is InChI=1S/C14H23N3O3/c1-3-14(20)6-7-17(10-12(14)18)13(19)5-4-11-8-15-16(2)9-11/h8-9,12,18,20H,3-7,10H2,1-2H3/t12-,14-/m1/s1. The highest BCUT2D eigenvalue weighted by atomic mass is 16.3. The lowest BCUT2D eigenvalue weighted by Gasteiger charge is -2.41. The molecule has 2 atom stereocenters. The summed E-state index contributed by atoms with van der Waals surface area (Å²) in [7, 11) is 1.85. The fourth-order valence-corrected chi connectivity index (χ4v) is 2.61. The Morgan fingerprint density at radius 2 is 2.35 bits per heavy atom. The molecule has 0 unspecified atom stereocenters. The van der Waals surface area contributed by atoms with Gasteiger partial charge in [-0.25, -0.2) is 0 Å². The van der Waals surface area contributed by atoms with E-state index in [-0.39, 0.29) is 12.5 Å². The van der Waals surface area contributed by atoms with Gasteiger partial charge >= 0.3 is 0 Å². The van der Waals surface area contributed by atoms with Crippen LogP contribution in [-0.2, 0) is 18.3 Å². The number of piperidine rings is 1. The number of rotatable bonds is 4. The van der Waals surface area contributed by atoms with E-state index in [1.807, 2.05) is 20.2 Å². The first-order chi connectivity index (χ1) is 9.44. The van der Waals surface area contributed by atoms with Crippen molar-refractivity contribution in [2.75, 3.05) is 13.1 Å². The van der Waals surface area contributed by atoms with E-state index < -0.39 is 11.7 Å². The SMILES string of the molecule is CC[C@@]1(O)CCN(C(=O)CCc2cnn(C)c2)C[C@H]1O. The summed E-state index contributed by atoms with van der Waals surface area (Å²) in [6.45, 7) is 2.58. The molecule has 2 N–H and O–H groups in total. The molecule has 2 heterocycles. The highest BCUT2D eigenvalue weighted by molar-refractivity contribution is 5.76. The highest BCUT2D eigenvalue weighted by Crippen LogP contribution is 2.26. The van der Waals surface area contributed by atoms with Gasteiger partial charge < -0.3 is 15.1 Å². The van der Waals surface area contributed by atoms with Crippen LogP contribution in [0.25, 0.3) is 0 Å². The first-order valence-corrected chi connectivity index (χ1v) is 7.10. The first kappa shape index (κ1) is 15.0. The van der Waals surface area contributed by atoms with Gasteiger partial charge in [-0.3, -0.25) is 9.48 Å². The smallest absolute Gasteiger partial charge is 0.222 e. The van der Waals surface area contributed by atoms with Crippen molar-refractivity contribution in [3.05, 3.63) is 18.0 Å². The molecule has 1 fully saturated rings. The molecule has 2 rings (SSSR count). The van der Waals surface area contributed by atoms with E-state index >= 15 is 0 Å². The van der Waals surface area contributed by atoms with E-state index in [2.05, 4.69) is 5.10 Å². The van der Waals surface area contributed by atoms with Crippen LogP contribution in [0.1, 0.15) is 31.7 Å². The number of aromatic nitrogens is 2.